The fourth-order valence-corrected chi connectivity index (χ4v) is 2.64. The number of fused-ring (bicyclic) bond motifs is 1. The average molecular weight is 256 g/mol. The van der Waals surface area contributed by atoms with E-state index in [1.807, 2.05) is 11.9 Å². The molecule has 4 nitrogen and oxygen atoms in total. The van der Waals surface area contributed by atoms with E-state index in [0.717, 1.165) is 25.3 Å². The van der Waals surface area contributed by atoms with Crippen LogP contribution in [0.25, 0.3) is 0 Å². The van der Waals surface area contributed by atoms with Gasteiger partial charge >= 0.3 is 0 Å². The van der Waals surface area contributed by atoms with Crippen molar-refractivity contribution in [3.05, 3.63) is 47.3 Å². The first-order valence-electron chi connectivity index (χ1n) is 6.75. The SMILES string of the molecule is CC1C=C(N2CCc3ccccc3C2)N=C(N)N1C. The van der Waals surface area contributed by atoms with E-state index in [2.05, 4.69) is 47.2 Å². The van der Waals surface area contributed by atoms with Crippen LogP contribution < -0.4 is 5.73 Å². The number of hydrogen-bond donors (Lipinski definition) is 1. The van der Waals surface area contributed by atoms with Gasteiger partial charge in [0.15, 0.2) is 5.96 Å². The molecule has 100 valence electrons. The molecule has 0 fully saturated rings. The zero-order chi connectivity index (χ0) is 13.4. The smallest absolute Gasteiger partial charge is 0.198 e. The van der Waals surface area contributed by atoms with Gasteiger partial charge in [-0.05, 0) is 30.5 Å². The van der Waals surface area contributed by atoms with E-state index in [9.17, 15) is 0 Å². The minimum Gasteiger partial charge on any atom is -0.369 e. The summed E-state index contributed by atoms with van der Waals surface area (Å²) in [5.74, 6) is 1.61. The molecule has 0 saturated carbocycles. The number of benzene rings is 1. The standard InChI is InChI=1S/C15H20N4/c1-11-9-14(17-15(16)18(11)2)19-8-7-12-5-3-4-6-13(12)10-19/h3-6,9,11H,7-8,10H2,1-2H3,(H2,16,17). The van der Waals surface area contributed by atoms with Gasteiger partial charge < -0.3 is 15.5 Å². The molecule has 0 aliphatic carbocycles. The van der Waals surface area contributed by atoms with Crippen molar-refractivity contribution >= 4 is 5.96 Å². The minimum atomic E-state index is 0.296. The molecule has 2 N–H and O–H groups in total. The second-order valence-corrected chi connectivity index (χ2v) is 5.29. The Bertz CT molecular complexity index is 547. The molecule has 4 heteroatoms. The third-order valence-electron chi connectivity index (χ3n) is 4.05. The average Bonchev–Trinajstić information content (AvgIpc) is 2.43. The maximum absolute atomic E-state index is 5.97. The van der Waals surface area contributed by atoms with Gasteiger partial charge in [0.1, 0.15) is 5.82 Å². The molecule has 0 bridgehead atoms. The van der Waals surface area contributed by atoms with Gasteiger partial charge in [-0.15, -0.1) is 0 Å². The molecule has 1 unspecified atom stereocenters. The summed E-state index contributed by atoms with van der Waals surface area (Å²) in [6.45, 7) is 4.07. The second kappa shape index (κ2) is 4.61. The molecule has 0 radical (unpaired) electrons. The van der Waals surface area contributed by atoms with Crippen LogP contribution in [-0.2, 0) is 13.0 Å². The number of likely N-dealkylation sites (N-methyl/N-ethyl adjacent to an activating group) is 1. The molecule has 2 heterocycles. The van der Waals surface area contributed by atoms with Crippen molar-refractivity contribution < 1.29 is 0 Å². The van der Waals surface area contributed by atoms with Crippen LogP contribution in [0.15, 0.2) is 41.2 Å². The predicted molar refractivity (Wildman–Crippen MR) is 77.5 cm³/mol. The summed E-state index contributed by atoms with van der Waals surface area (Å²) < 4.78 is 0. The number of aliphatic imine (C=N–C) groups is 1. The van der Waals surface area contributed by atoms with Crippen molar-refractivity contribution in [2.75, 3.05) is 13.6 Å². The van der Waals surface area contributed by atoms with Gasteiger partial charge in [0, 0.05) is 20.1 Å². The van der Waals surface area contributed by atoms with Crippen LogP contribution in [0.2, 0.25) is 0 Å². The van der Waals surface area contributed by atoms with E-state index in [1.54, 1.807) is 0 Å². The van der Waals surface area contributed by atoms with Gasteiger partial charge in [-0.1, -0.05) is 24.3 Å². The van der Waals surface area contributed by atoms with E-state index < -0.39 is 0 Å². The lowest BCUT2D eigenvalue weighted by Gasteiger charge is -2.35. The first kappa shape index (κ1) is 12.1. The second-order valence-electron chi connectivity index (χ2n) is 5.29. The zero-order valence-corrected chi connectivity index (χ0v) is 11.5. The quantitative estimate of drug-likeness (QED) is 0.829. The summed E-state index contributed by atoms with van der Waals surface area (Å²) >= 11 is 0. The molecule has 1 atom stereocenters. The number of guanidine groups is 1. The fourth-order valence-electron chi connectivity index (χ4n) is 2.64. The van der Waals surface area contributed by atoms with Gasteiger partial charge in [0.25, 0.3) is 0 Å². The highest BCUT2D eigenvalue weighted by Gasteiger charge is 2.22. The van der Waals surface area contributed by atoms with Crippen LogP contribution in [0.4, 0.5) is 0 Å². The number of hydrogen-bond acceptors (Lipinski definition) is 4. The molecule has 0 amide bonds. The normalized spacial score (nSPS) is 22.7. The Morgan fingerprint density at radius 3 is 2.74 bits per heavy atom. The molecule has 0 saturated heterocycles. The molecular formula is C15H20N4. The Kier molecular flexibility index (Phi) is 2.93. The van der Waals surface area contributed by atoms with Crippen molar-refractivity contribution in [1.82, 2.24) is 9.80 Å². The zero-order valence-electron chi connectivity index (χ0n) is 11.5. The van der Waals surface area contributed by atoms with Crippen LogP contribution in [0.5, 0.6) is 0 Å². The van der Waals surface area contributed by atoms with Gasteiger partial charge in [-0.2, -0.15) is 4.99 Å². The van der Waals surface area contributed by atoms with Gasteiger partial charge in [-0.3, -0.25) is 0 Å². The summed E-state index contributed by atoms with van der Waals surface area (Å²) in [5.41, 5.74) is 8.82. The summed E-state index contributed by atoms with van der Waals surface area (Å²) in [4.78, 5) is 8.82. The summed E-state index contributed by atoms with van der Waals surface area (Å²) in [6.07, 6.45) is 3.26. The number of rotatable bonds is 1. The van der Waals surface area contributed by atoms with Crippen molar-refractivity contribution in [3.8, 4) is 0 Å². The molecule has 1 aromatic rings. The maximum atomic E-state index is 5.97. The highest BCUT2D eigenvalue weighted by Crippen LogP contribution is 2.24. The number of nitrogens with zero attached hydrogens (tertiary/aromatic N) is 3. The first-order valence-corrected chi connectivity index (χ1v) is 6.75. The Morgan fingerprint density at radius 1 is 1.26 bits per heavy atom. The number of nitrogens with two attached hydrogens (primary N) is 1. The van der Waals surface area contributed by atoms with E-state index in [1.165, 1.54) is 11.1 Å². The van der Waals surface area contributed by atoms with Crippen LogP contribution in [-0.4, -0.2) is 35.4 Å². The third kappa shape index (κ3) is 2.18. The predicted octanol–water partition coefficient (Wildman–Crippen LogP) is 1.53. The molecule has 2 aliphatic rings. The highest BCUT2D eigenvalue weighted by molar-refractivity contribution is 5.80. The van der Waals surface area contributed by atoms with Crippen LogP contribution in [0, 0.1) is 0 Å². The lowest BCUT2D eigenvalue weighted by atomic mass is 10.00. The van der Waals surface area contributed by atoms with E-state index >= 15 is 0 Å². The monoisotopic (exact) mass is 256 g/mol. The molecule has 3 rings (SSSR count). The Balaban J connectivity index is 1.84. The summed E-state index contributed by atoms with van der Waals surface area (Å²) in [5, 5.41) is 0. The Labute approximate surface area is 114 Å². The van der Waals surface area contributed by atoms with Crippen LogP contribution in [0.3, 0.4) is 0 Å². The topological polar surface area (TPSA) is 44.9 Å². The van der Waals surface area contributed by atoms with E-state index in [0.29, 0.717) is 12.0 Å². The van der Waals surface area contributed by atoms with Gasteiger partial charge in [-0.25, -0.2) is 0 Å². The van der Waals surface area contributed by atoms with Crippen molar-refractivity contribution in [3.63, 3.8) is 0 Å². The van der Waals surface area contributed by atoms with Crippen molar-refractivity contribution in [2.45, 2.75) is 25.9 Å². The lowest BCUT2D eigenvalue weighted by Crippen LogP contribution is -2.44. The van der Waals surface area contributed by atoms with E-state index in [-0.39, 0.29) is 0 Å². The highest BCUT2D eigenvalue weighted by atomic mass is 15.3. The fraction of sp³-hybridized carbons (Fsp3) is 0.400. The van der Waals surface area contributed by atoms with Crippen LogP contribution in [0.1, 0.15) is 18.1 Å². The third-order valence-corrected chi connectivity index (χ3v) is 4.05. The summed E-state index contributed by atoms with van der Waals surface area (Å²) in [6, 6.07) is 8.93. The van der Waals surface area contributed by atoms with Crippen molar-refractivity contribution in [1.29, 1.82) is 0 Å². The van der Waals surface area contributed by atoms with Gasteiger partial charge in [0.2, 0.25) is 0 Å². The van der Waals surface area contributed by atoms with Gasteiger partial charge in [0.05, 0.1) is 6.04 Å². The Morgan fingerprint density at radius 2 is 2.00 bits per heavy atom. The minimum absolute atomic E-state index is 0.296. The first-order chi connectivity index (χ1) is 9.15. The molecule has 2 aliphatic heterocycles. The molecule has 19 heavy (non-hydrogen) atoms. The molecule has 0 aromatic heterocycles. The van der Waals surface area contributed by atoms with Crippen molar-refractivity contribution in [2.24, 2.45) is 10.7 Å². The van der Waals surface area contributed by atoms with Crippen LogP contribution >= 0.6 is 0 Å². The molecule has 1 aromatic carbocycles. The lowest BCUT2D eigenvalue weighted by molar-refractivity contribution is 0.305. The Hall–Kier alpha value is -1.97. The summed E-state index contributed by atoms with van der Waals surface area (Å²) in [7, 11) is 1.97. The van der Waals surface area contributed by atoms with E-state index in [4.69, 9.17) is 5.73 Å². The molecular weight excluding hydrogens is 236 g/mol. The largest absolute Gasteiger partial charge is 0.369 e. The maximum Gasteiger partial charge on any atom is 0.198 e. The molecule has 0 spiro atoms.